The second-order valence-corrected chi connectivity index (χ2v) is 4.14. The van der Waals surface area contributed by atoms with Crippen LogP contribution >= 0.6 is 0 Å². The van der Waals surface area contributed by atoms with Gasteiger partial charge in [-0.1, -0.05) is 0 Å². The zero-order chi connectivity index (χ0) is 12.8. The van der Waals surface area contributed by atoms with Crippen molar-refractivity contribution in [2.75, 3.05) is 20.7 Å². The van der Waals surface area contributed by atoms with E-state index in [-0.39, 0.29) is 5.97 Å². The average Bonchev–Trinajstić information content (AvgIpc) is 2.60. The Balaban J connectivity index is 2.32. The van der Waals surface area contributed by atoms with Crippen molar-refractivity contribution in [2.45, 2.75) is 26.3 Å². The van der Waals surface area contributed by atoms with Crippen molar-refractivity contribution in [1.29, 1.82) is 0 Å². The van der Waals surface area contributed by atoms with Crippen LogP contribution in [-0.4, -0.2) is 46.3 Å². The standard InChI is InChI=1S/C11H20N4O2/c1-9-12-13-10(15(9)3)8-14(2)7-5-6-11(16)17-4/h5-8H2,1-4H3. The molecular formula is C11H20N4O2. The SMILES string of the molecule is COC(=O)CCCN(C)Cc1nnc(C)n1C. The van der Waals surface area contributed by atoms with Gasteiger partial charge in [-0.3, -0.25) is 9.69 Å². The lowest BCUT2D eigenvalue weighted by Gasteiger charge is -2.15. The summed E-state index contributed by atoms with van der Waals surface area (Å²) < 4.78 is 6.56. The molecule has 1 aromatic heterocycles. The van der Waals surface area contributed by atoms with Crippen LogP contribution in [0.4, 0.5) is 0 Å². The van der Waals surface area contributed by atoms with E-state index in [0.717, 1.165) is 31.2 Å². The molecule has 0 amide bonds. The van der Waals surface area contributed by atoms with Gasteiger partial charge in [0, 0.05) is 13.5 Å². The molecule has 1 aromatic rings. The van der Waals surface area contributed by atoms with Gasteiger partial charge in [0.2, 0.25) is 0 Å². The molecule has 1 rings (SSSR count). The first-order valence-corrected chi connectivity index (χ1v) is 5.64. The maximum atomic E-state index is 10.9. The van der Waals surface area contributed by atoms with Crippen LogP contribution in [0.2, 0.25) is 0 Å². The van der Waals surface area contributed by atoms with E-state index in [9.17, 15) is 4.79 Å². The fourth-order valence-corrected chi connectivity index (χ4v) is 1.50. The van der Waals surface area contributed by atoms with Crippen LogP contribution < -0.4 is 0 Å². The molecule has 17 heavy (non-hydrogen) atoms. The highest BCUT2D eigenvalue weighted by Crippen LogP contribution is 2.03. The predicted molar refractivity (Wildman–Crippen MR) is 63.3 cm³/mol. The van der Waals surface area contributed by atoms with E-state index in [1.807, 2.05) is 25.6 Å². The van der Waals surface area contributed by atoms with Crippen LogP contribution in [0.15, 0.2) is 0 Å². The Morgan fingerprint density at radius 3 is 2.71 bits per heavy atom. The van der Waals surface area contributed by atoms with Crippen molar-refractivity contribution < 1.29 is 9.53 Å². The summed E-state index contributed by atoms with van der Waals surface area (Å²) in [5, 5.41) is 8.10. The third-order valence-corrected chi connectivity index (χ3v) is 2.74. The molecule has 0 aliphatic rings. The Hall–Kier alpha value is -1.43. The van der Waals surface area contributed by atoms with Crippen molar-refractivity contribution >= 4 is 5.97 Å². The van der Waals surface area contributed by atoms with E-state index < -0.39 is 0 Å². The molecule has 0 radical (unpaired) electrons. The van der Waals surface area contributed by atoms with Crippen molar-refractivity contribution in [3.05, 3.63) is 11.6 Å². The van der Waals surface area contributed by atoms with E-state index in [4.69, 9.17) is 0 Å². The van der Waals surface area contributed by atoms with Gasteiger partial charge in [-0.25, -0.2) is 0 Å². The highest BCUT2D eigenvalue weighted by atomic mass is 16.5. The molecule has 0 aliphatic carbocycles. The Morgan fingerprint density at radius 2 is 2.18 bits per heavy atom. The molecule has 0 fully saturated rings. The zero-order valence-electron chi connectivity index (χ0n) is 10.9. The lowest BCUT2D eigenvalue weighted by molar-refractivity contribution is -0.140. The van der Waals surface area contributed by atoms with Crippen molar-refractivity contribution in [1.82, 2.24) is 19.7 Å². The number of methoxy groups -OCH3 is 1. The molecule has 0 N–H and O–H groups in total. The van der Waals surface area contributed by atoms with E-state index in [0.29, 0.717) is 6.42 Å². The monoisotopic (exact) mass is 240 g/mol. The van der Waals surface area contributed by atoms with Crippen molar-refractivity contribution in [3.63, 3.8) is 0 Å². The van der Waals surface area contributed by atoms with Crippen LogP contribution in [0.1, 0.15) is 24.5 Å². The summed E-state index contributed by atoms with van der Waals surface area (Å²) in [4.78, 5) is 13.1. The van der Waals surface area contributed by atoms with Gasteiger partial charge >= 0.3 is 5.97 Å². The maximum absolute atomic E-state index is 10.9. The summed E-state index contributed by atoms with van der Waals surface area (Å²) in [5.74, 6) is 1.68. The smallest absolute Gasteiger partial charge is 0.305 e. The van der Waals surface area contributed by atoms with Gasteiger partial charge in [0.15, 0.2) is 0 Å². The number of carbonyl (C=O) groups is 1. The maximum Gasteiger partial charge on any atom is 0.305 e. The van der Waals surface area contributed by atoms with Crippen LogP contribution in [0, 0.1) is 6.92 Å². The van der Waals surface area contributed by atoms with Gasteiger partial charge < -0.3 is 9.30 Å². The molecule has 96 valence electrons. The topological polar surface area (TPSA) is 60.2 Å². The second kappa shape index (κ2) is 6.34. The van der Waals surface area contributed by atoms with Gasteiger partial charge in [0.25, 0.3) is 0 Å². The number of hydrogen-bond donors (Lipinski definition) is 0. The summed E-state index contributed by atoms with van der Waals surface area (Å²) >= 11 is 0. The number of esters is 1. The predicted octanol–water partition coefficient (Wildman–Crippen LogP) is 0.509. The van der Waals surface area contributed by atoms with E-state index in [1.54, 1.807) is 0 Å². The number of carbonyl (C=O) groups excluding carboxylic acids is 1. The Labute approximate surface area is 102 Å². The number of aromatic nitrogens is 3. The summed E-state index contributed by atoms with van der Waals surface area (Å²) in [6.45, 7) is 3.49. The minimum atomic E-state index is -0.159. The molecule has 0 atom stereocenters. The largest absolute Gasteiger partial charge is 0.469 e. The lowest BCUT2D eigenvalue weighted by atomic mass is 10.3. The number of ether oxygens (including phenoxy) is 1. The minimum Gasteiger partial charge on any atom is -0.469 e. The van der Waals surface area contributed by atoms with E-state index in [2.05, 4.69) is 19.8 Å². The van der Waals surface area contributed by atoms with Crippen LogP contribution in [0.3, 0.4) is 0 Å². The van der Waals surface area contributed by atoms with Crippen LogP contribution in [0.25, 0.3) is 0 Å². The molecule has 0 saturated heterocycles. The molecule has 1 heterocycles. The molecule has 0 bridgehead atoms. The third-order valence-electron chi connectivity index (χ3n) is 2.74. The van der Waals surface area contributed by atoms with Gasteiger partial charge in [-0.15, -0.1) is 10.2 Å². The summed E-state index contributed by atoms with van der Waals surface area (Å²) in [6, 6.07) is 0. The molecule has 6 nitrogen and oxygen atoms in total. The molecule has 0 saturated carbocycles. The van der Waals surface area contributed by atoms with Crippen LogP contribution in [0.5, 0.6) is 0 Å². The fourth-order valence-electron chi connectivity index (χ4n) is 1.50. The molecular weight excluding hydrogens is 220 g/mol. The Kier molecular flexibility index (Phi) is 5.09. The Bertz CT molecular complexity index is 376. The third kappa shape index (κ3) is 4.14. The first kappa shape index (κ1) is 13.6. The summed E-state index contributed by atoms with van der Waals surface area (Å²) in [5.41, 5.74) is 0. The quantitative estimate of drug-likeness (QED) is 0.678. The van der Waals surface area contributed by atoms with Gasteiger partial charge in [0.05, 0.1) is 13.7 Å². The first-order valence-electron chi connectivity index (χ1n) is 5.64. The van der Waals surface area contributed by atoms with Gasteiger partial charge in [-0.2, -0.15) is 0 Å². The molecule has 0 spiro atoms. The number of nitrogens with zero attached hydrogens (tertiary/aromatic N) is 4. The molecule has 0 aliphatic heterocycles. The van der Waals surface area contributed by atoms with Crippen molar-refractivity contribution in [2.24, 2.45) is 7.05 Å². The second-order valence-electron chi connectivity index (χ2n) is 4.14. The van der Waals surface area contributed by atoms with E-state index >= 15 is 0 Å². The van der Waals surface area contributed by atoms with Gasteiger partial charge in [-0.05, 0) is 26.9 Å². The average molecular weight is 240 g/mol. The summed E-state index contributed by atoms with van der Waals surface area (Å²) in [7, 11) is 5.36. The molecule has 0 aromatic carbocycles. The number of rotatable bonds is 6. The van der Waals surface area contributed by atoms with E-state index in [1.165, 1.54) is 7.11 Å². The minimum absolute atomic E-state index is 0.159. The normalized spacial score (nSPS) is 10.9. The fraction of sp³-hybridized carbons (Fsp3) is 0.727. The molecule has 0 unspecified atom stereocenters. The number of aryl methyl sites for hydroxylation is 1. The summed E-state index contributed by atoms with van der Waals surface area (Å²) in [6.07, 6.45) is 1.25. The highest BCUT2D eigenvalue weighted by molar-refractivity contribution is 5.69. The Morgan fingerprint density at radius 1 is 1.47 bits per heavy atom. The van der Waals surface area contributed by atoms with Crippen molar-refractivity contribution in [3.8, 4) is 0 Å². The van der Waals surface area contributed by atoms with Gasteiger partial charge in [0.1, 0.15) is 11.6 Å². The highest BCUT2D eigenvalue weighted by Gasteiger charge is 2.08. The first-order chi connectivity index (χ1) is 8.04. The molecule has 6 heteroatoms. The number of hydrogen-bond acceptors (Lipinski definition) is 5. The van der Waals surface area contributed by atoms with Crippen LogP contribution in [-0.2, 0) is 23.1 Å². The lowest BCUT2D eigenvalue weighted by Crippen LogP contribution is -2.22. The zero-order valence-corrected chi connectivity index (χ0v) is 10.9.